The Hall–Kier alpha value is -1.99. The fraction of sp³-hybridized carbons (Fsp3) is 0.773. The van der Waals surface area contributed by atoms with Gasteiger partial charge in [-0.25, -0.2) is 9.59 Å². The number of ether oxygens (including phenoxy) is 4. The van der Waals surface area contributed by atoms with E-state index in [2.05, 4.69) is 5.32 Å². The summed E-state index contributed by atoms with van der Waals surface area (Å²) in [5.41, 5.74) is -2.23. The van der Waals surface area contributed by atoms with E-state index in [1.54, 1.807) is 13.8 Å². The largest absolute Gasteiger partial charge is 0.479 e. The van der Waals surface area contributed by atoms with Crippen LogP contribution in [0.2, 0.25) is 18.1 Å². The van der Waals surface area contributed by atoms with Crippen molar-refractivity contribution in [1.82, 2.24) is 5.32 Å². The van der Waals surface area contributed by atoms with Crippen molar-refractivity contribution in [3.05, 3.63) is 11.8 Å². The first-order valence-corrected chi connectivity index (χ1v) is 14.0. The van der Waals surface area contributed by atoms with Crippen molar-refractivity contribution in [1.29, 1.82) is 0 Å². The predicted octanol–water partition coefficient (Wildman–Crippen LogP) is 1.87. The summed E-state index contributed by atoms with van der Waals surface area (Å²) >= 11 is 0. The first kappa shape index (κ1) is 28.2. The Labute approximate surface area is 200 Å². The van der Waals surface area contributed by atoms with Crippen LogP contribution in [0.15, 0.2) is 11.8 Å². The van der Waals surface area contributed by atoms with Crippen LogP contribution in [0.25, 0.3) is 0 Å². The third kappa shape index (κ3) is 5.46. The van der Waals surface area contributed by atoms with Gasteiger partial charge in [-0.05, 0) is 38.1 Å². The molecule has 5 atom stereocenters. The monoisotopic (exact) mass is 503 g/mol. The molecule has 0 aliphatic carbocycles. The molecule has 0 radical (unpaired) electrons. The van der Waals surface area contributed by atoms with E-state index in [0.717, 1.165) is 0 Å². The number of carboxylic acids is 2. The Balaban J connectivity index is 2.69. The lowest BCUT2D eigenvalue weighted by atomic mass is 9.82. The molecule has 0 saturated carbocycles. The molecule has 34 heavy (non-hydrogen) atoms. The molecule has 1 saturated heterocycles. The van der Waals surface area contributed by atoms with Crippen LogP contribution in [0.1, 0.15) is 41.5 Å². The van der Waals surface area contributed by atoms with Crippen molar-refractivity contribution in [2.45, 2.75) is 95.4 Å². The summed E-state index contributed by atoms with van der Waals surface area (Å²) in [6.07, 6.45) is -2.43. The van der Waals surface area contributed by atoms with Crippen LogP contribution >= 0.6 is 0 Å². The number of nitrogens with one attached hydrogen (secondary N) is 1. The maximum atomic E-state index is 12.8. The van der Waals surface area contributed by atoms with Crippen LogP contribution in [-0.4, -0.2) is 85.8 Å². The highest BCUT2D eigenvalue weighted by Gasteiger charge is 2.64. The molecule has 2 rings (SSSR count). The first-order valence-electron chi connectivity index (χ1n) is 11.0. The minimum atomic E-state index is -2.52. The molecule has 2 aliphatic rings. The molecule has 2 heterocycles. The van der Waals surface area contributed by atoms with Gasteiger partial charge in [-0.3, -0.25) is 4.79 Å². The van der Waals surface area contributed by atoms with Gasteiger partial charge in [-0.15, -0.1) is 0 Å². The van der Waals surface area contributed by atoms with E-state index in [0.29, 0.717) is 0 Å². The van der Waals surface area contributed by atoms with Crippen LogP contribution in [-0.2, 0) is 37.8 Å². The average Bonchev–Trinajstić information content (AvgIpc) is 3.02. The number of carbonyl (C=O) groups is 3. The molecule has 2 aliphatic heterocycles. The van der Waals surface area contributed by atoms with Gasteiger partial charge in [0.15, 0.2) is 20.2 Å². The van der Waals surface area contributed by atoms with E-state index in [9.17, 15) is 24.6 Å². The number of carbonyl (C=O) groups excluding carboxylic acids is 1. The molecule has 5 unspecified atom stereocenters. The predicted molar refractivity (Wildman–Crippen MR) is 123 cm³/mol. The van der Waals surface area contributed by atoms with Gasteiger partial charge in [0.05, 0.1) is 18.8 Å². The van der Waals surface area contributed by atoms with Gasteiger partial charge in [0.2, 0.25) is 17.3 Å². The van der Waals surface area contributed by atoms with Crippen molar-refractivity contribution < 1.29 is 48.0 Å². The minimum Gasteiger partial charge on any atom is -0.479 e. The second-order valence-corrected chi connectivity index (χ2v) is 15.3. The smallest absolute Gasteiger partial charge is 0.370 e. The zero-order valence-corrected chi connectivity index (χ0v) is 22.3. The summed E-state index contributed by atoms with van der Waals surface area (Å²) in [6.45, 7) is 14.3. The number of carboxylic acid groups (broad SMARTS) is 2. The van der Waals surface area contributed by atoms with Crippen molar-refractivity contribution in [2.24, 2.45) is 0 Å². The zero-order chi connectivity index (χ0) is 26.3. The quantitative estimate of drug-likeness (QED) is 0.419. The summed E-state index contributed by atoms with van der Waals surface area (Å²) in [4.78, 5) is 36.9. The van der Waals surface area contributed by atoms with Gasteiger partial charge >= 0.3 is 11.9 Å². The number of amides is 1. The molecule has 194 valence electrons. The van der Waals surface area contributed by atoms with Crippen LogP contribution in [0.3, 0.4) is 0 Å². The molecule has 0 aromatic heterocycles. The Morgan fingerprint density at radius 2 is 1.79 bits per heavy atom. The molecule has 1 fully saturated rings. The van der Waals surface area contributed by atoms with Gasteiger partial charge in [-0.1, -0.05) is 20.8 Å². The molecule has 11 nitrogen and oxygen atoms in total. The zero-order valence-electron chi connectivity index (χ0n) is 21.3. The Morgan fingerprint density at radius 3 is 2.18 bits per heavy atom. The molecule has 0 aromatic carbocycles. The summed E-state index contributed by atoms with van der Waals surface area (Å²) in [6, 6.07) is -1.10. The second kappa shape index (κ2) is 9.57. The third-order valence-electron chi connectivity index (χ3n) is 6.65. The van der Waals surface area contributed by atoms with Crippen molar-refractivity contribution in [3.8, 4) is 0 Å². The van der Waals surface area contributed by atoms with Crippen LogP contribution in [0.5, 0.6) is 0 Å². The molecule has 1 amide bonds. The Bertz CT molecular complexity index is 849. The van der Waals surface area contributed by atoms with Gasteiger partial charge in [0, 0.05) is 14.0 Å². The highest BCUT2D eigenvalue weighted by Crippen LogP contribution is 2.42. The third-order valence-corrected chi connectivity index (χ3v) is 11.1. The number of hydrogen-bond acceptors (Lipinski definition) is 8. The second-order valence-electron chi connectivity index (χ2n) is 10.6. The van der Waals surface area contributed by atoms with Gasteiger partial charge in [-0.2, -0.15) is 0 Å². The van der Waals surface area contributed by atoms with Gasteiger partial charge < -0.3 is 38.9 Å². The van der Waals surface area contributed by atoms with Gasteiger partial charge in [0.1, 0.15) is 6.10 Å². The highest BCUT2D eigenvalue weighted by atomic mass is 28.4. The summed E-state index contributed by atoms with van der Waals surface area (Å²) in [7, 11) is -1.35. The van der Waals surface area contributed by atoms with Crippen molar-refractivity contribution >= 4 is 26.2 Å². The van der Waals surface area contributed by atoms with Crippen LogP contribution < -0.4 is 5.32 Å². The number of aliphatic carboxylic acids is 2. The van der Waals surface area contributed by atoms with Gasteiger partial charge in [0.25, 0.3) is 0 Å². The summed E-state index contributed by atoms with van der Waals surface area (Å²) in [5.74, 6) is -4.95. The summed E-state index contributed by atoms with van der Waals surface area (Å²) < 4.78 is 29.2. The number of hydrogen-bond donors (Lipinski definition) is 3. The van der Waals surface area contributed by atoms with E-state index in [-0.39, 0.29) is 11.6 Å². The van der Waals surface area contributed by atoms with E-state index in [4.69, 9.17) is 23.4 Å². The normalized spacial score (nSPS) is 28.9. The van der Waals surface area contributed by atoms with E-state index >= 15 is 0 Å². The highest BCUT2D eigenvalue weighted by molar-refractivity contribution is 6.74. The van der Waals surface area contributed by atoms with Crippen molar-refractivity contribution in [3.63, 3.8) is 0 Å². The molecule has 3 N–H and O–H groups in total. The fourth-order valence-electron chi connectivity index (χ4n) is 3.84. The fourth-order valence-corrected chi connectivity index (χ4v) is 5.09. The molecular formula is C22H37NO10Si. The molecule has 12 heteroatoms. The molecular weight excluding hydrogens is 466 g/mol. The average molecular weight is 504 g/mol. The number of methoxy groups -OCH3 is 1. The Morgan fingerprint density at radius 1 is 1.21 bits per heavy atom. The lowest BCUT2D eigenvalue weighted by Crippen LogP contribution is -2.71. The van der Waals surface area contributed by atoms with E-state index in [1.807, 2.05) is 33.9 Å². The molecule has 0 bridgehead atoms. The number of rotatable bonds is 8. The Kier molecular flexibility index (Phi) is 7.95. The minimum absolute atomic E-state index is 0.153. The topological polar surface area (TPSA) is 150 Å². The molecule has 0 aromatic rings. The maximum absolute atomic E-state index is 12.8. The standard InChI is InChI=1S/C22H37NO10Si/c1-12(24)23-16-13(33-34(8,9)20(2,3)4)10-14(18(25)26)31-17(16)22(29-7,19(27)28)15-11-30-21(5,6)32-15/h10,13,15-17H,11H2,1-9H3,(H,23,24)(H,25,26)(H,27,28). The van der Waals surface area contributed by atoms with Crippen LogP contribution in [0, 0.1) is 0 Å². The van der Waals surface area contributed by atoms with Crippen molar-refractivity contribution in [2.75, 3.05) is 13.7 Å². The van der Waals surface area contributed by atoms with Crippen LogP contribution in [0.4, 0.5) is 0 Å². The lowest BCUT2D eigenvalue weighted by Gasteiger charge is -2.48. The SMILES string of the molecule is COC(C(=O)O)(C1COC(C)(C)O1)C1OC(C(=O)O)=CC(O[Si](C)(C)C(C)(C)C)C1NC(C)=O. The van der Waals surface area contributed by atoms with E-state index < -0.39 is 67.7 Å². The van der Waals surface area contributed by atoms with E-state index in [1.165, 1.54) is 20.1 Å². The molecule has 0 spiro atoms. The summed E-state index contributed by atoms with van der Waals surface area (Å²) in [5, 5.41) is 22.6. The first-order chi connectivity index (χ1) is 15.4. The maximum Gasteiger partial charge on any atom is 0.370 e. The lowest BCUT2D eigenvalue weighted by molar-refractivity contribution is -0.227.